The minimum absolute atomic E-state index is 0.0395. The van der Waals surface area contributed by atoms with Crippen LogP contribution in [-0.2, 0) is 20.8 Å². The molecule has 3 heterocycles. The molecule has 0 radical (unpaired) electrons. The Morgan fingerprint density at radius 2 is 1.73 bits per heavy atom. The lowest BCUT2D eigenvalue weighted by molar-refractivity contribution is -0.139. The average Bonchev–Trinajstić information content (AvgIpc) is 3.35. The topological polar surface area (TPSA) is 91.8 Å². The third-order valence-corrected chi connectivity index (χ3v) is 7.58. The number of rotatable bonds is 6. The molecule has 9 nitrogen and oxygen atoms in total. The fourth-order valence-corrected chi connectivity index (χ4v) is 5.40. The van der Waals surface area contributed by atoms with E-state index in [0.29, 0.717) is 49.6 Å². The lowest BCUT2D eigenvalue weighted by Gasteiger charge is -2.36. The summed E-state index contributed by atoms with van der Waals surface area (Å²) in [4.78, 5) is 42.3. The Bertz CT molecular complexity index is 1280. The highest BCUT2D eigenvalue weighted by atomic mass is 16.5. The monoisotopic (exact) mass is 504 g/mol. The summed E-state index contributed by atoms with van der Waals surface area (Å²) in [7, 11) is 3.16. The normalized spacial score (nSPS) is 19.2. The first-order valence-electron chi connectivity index (χ1n) is 12.6. The van der Waals surface area contributed by atoms with E-state index in [1.807, 2.05) is 56.3 Å². The molecule has 0 saturated carbocycles. The van der Waals surface area contributed by atoms with Crippen LogP contribution in [-0.4, -0.2) is 73.2 Å². The molecule has 0 bridgehead atoms. The predicted molar refractivity (Wildman–Crippen MR) is 139 cm³/mol. The maximum absolute atomic E-state index is 13.4. The first-order valence-corrected chi connectivity index (χ1v) is 12.6. The molecule has 1 fully saturated rings. The van der Waals surface area contributed by atoms with Gasteiger partial charge in [-0.3, -0.25) is 14.4 Å². The first-order chi connectivity index (χ1) is 17.7. The second kappa shape index (κ2) is 9.53. The smallest absolute Gasteiger partial charge is 0.254 e. The largest absolute Gasteiger partial charge is 0.493 e. The van der Waals surface area contributed by atoms with Crippen LogP contribution in [0, 0.1) is 5.41 Å². The van der Waals surface area contributed by atoms with Crippen molar-refractivity contribution in [3.8, 4) is 11.5 Å². The number of benzene rings is 2. The minimum atomic E-state index is -0.796. The van der Waals surface area contributed by atoms with E-state index >= 15 is 0 Å². The van der Waals surface area contributed by atoms with Crippen LogP contribution in [0.3, 0.4) is 0 Å². The third kappa shape index (κ3) is 4.32. The molecule has 2 aromatic carbocycles. The Hall–Kier alpha value is -3.88. The van der Waals surface area contributed by atoms with E-state index < -0.39 is 5.41 Å². The van der Waals surface area contributed by atoms with E-state index in [0.717, 1.165) is 16.8 Å². The molecule has 3 aliphatic heterocycles. The molecule has 1 saturated heterocycles. The Labute approximate surface area is 216 Å². The van der Waals surface area contributed by atoms with E-state index in [9.17, 15) is 14.4 Å². The SMILES string of the molecule is COc1ccc(C2=NN(C3CCN(C(=O)CN4C(=O)Cc5ccccc54)CC3)C(=O)C2(C)C)cc1OC. The summed E-state index contributed by atoms with van der Waals surface area (Å²) < 4.78 is 10.8. The van der Waals surface area contributed by atoms with Gasteiger partial charge in [-0.15, -0.1) is 0 Å². The van der Waals surface area contributed by atoms with Crippen LogP contribution < -0.4 is 14.4 Å². The fraction of sp³-hybridized carbons (Fsp3) is 0.429. The molecule has 5 rings (SSSR count). The Kier molecular flexibility index (Phi) is 6.39. The minimum Gasteiger partial charge on any atom is -0.493 e. The Balaban J connectivity index is 1.26. The van der Waals surface area contributed by atoms with Gasteiger partial charge in [0.1, 0.15) is 6.54 Å². The number of likely N-dealkylation sites (tertiary alicyclic amines) is 1. The second-order valence-corrected chi connectivity index (χ2v) is 10.2. The number of nitrogens with zero attached hydrogens (tertiary/aromatic N) is 4. The van der Waals surface area contributed by atoms with Crippen molar-refractivity contribution >= 4 is 29.1 Å². The summed E-state index contributed by atoms with van der Waals surface area (Å²) in [5.41, 5.74) is 2.47. The lowest BCUT2D eigenvalue weighted by Crippen LogP contribution is -2.50. The highest BCUT2D eigenvalue weighted by molar-refractivity contribution is 6.19. The van der Waals surface area contributed by atoms with Gasteiger partial charge >= 0.3 is 0 Å². The van der Waals surface area contributed by atoms with E-state index in [2.05, 4.69) is 0 Å². The Morgan fingerprint density at radius 3 is 2.43 bits per heavy atom. The maximum atomic E-state index is 13.4. The van der Waals surface area contributed by atoms with Crippen LogP contribution in [0.4, 0.5) is 5.69 Å². The number of hydrazone groups is 1. The predicted octanol–water partition coefficient (Wildman–Crippen LogP) is 2.86. The van der Waals surface area contributed by atoms with Crippen molar-refractivity contribution in [2.45, 2.75) is 39.2 Å². The van der Waals surface area contributed by atoms with Gasteiger partial charge in [-0.2, -0.15) is 5.10 Å². The van der Waals surface area contributed by atoms with Gasteiger partial charge in [0.2, 0.25) is 11.8 Å². The van der Waals surface area contributed by atoms with Crippen LogP contribution >= 0.6 is 0 Å². The number of carbonyl (C=O) groups is 3. The number of amides is 3. The molecule has 0 aliphatic carbocycles. The third-order valence-electron chi connectivity index (χ3n) is 7.58. The molecule has 3 aliphatic rings. The summed E-state index contributed by atoms with van der Waals surface area (Å²) in [5.74, 6) is 1.01. The summed E-state index contributed by atoms with van der Waals surface area (Å²) in [6.07, 6.45) is 1.58. The molecule has 37 heavy (non-hydrogen) atoms. The highest BCUT2D eigenvalue weighted by Gasteiger charge is 2.47. The number of hydrogen-bond donors (Lipinski definition) is 0. The van der Waals surface area contributed by atoms with Gasteiger partial charge < -0.3 is 19.3 Å². The molecular weight excluding hydrogens is 472 g/mol. The van der Waals surface area contributed by atoms with E-state index in [1.54, 1.807) is 29.0 Å². The van der Waals surface area contributed by atoms with Crippen LogP contribution in [0.5, 0.6) is 11.5 Å². The van der Waals surface area contributed by atoms with Crippen molar-refractivity contribution in [1.82, 2.24) is 9.91 Å². The van der Waals surface area contributed by atoms with E-state index in [-0.39, 0.29) is 30.3 Å². The van der Waals surface area contributed by atoms with Crippen LogP contribution in [0.1, 0.15) is 37.8 Å². The molecule has 2 aromatic rings. The van der Waals surface area contributed by atoms with Crippen molar-refractivity contribution in [3.05, 3.63) is 53.6 Å². The van der Waals surface area contributed by atoms with Gasteiger partial charge in [-0.05, 0) is 56.5 Å². The van der Waals surface area contributed by atoms with E-state index in [1.165, 1.54) is 0 Å². The standard InChI is InChI=1S/C28H32N4O5/c1-28(2)26(19-9-10-22(36-3)23(15-19)37-4)29-32(27(28)35)20-11-13-30(14-12-20)25(34)17-31-21-8-6-5-7-18(21)16-24(31)33/h5-10,15,20H,11-14,16-17H2,1-4H3. The zero-order valence-corrected chi connectivity index (χ0v) is 21.7. The van der Waals surface area contributed by atoms with Crippen LogP contribution in [0.2, 0.25) is 0 Å². The number of para-hydroxylation sites is 1. The van der Waals surface area contributed by atoms with Gasteiger partial charge in [0.05, 0.1) is 37.8 Å². The first kappa shape index (κ1) is 24.8. The molecule has 0 spiro atoms. The van der Waals surface area contributed by atoms with Gasteiger partial charge in [0.15, 0.2) is 11.5 Å². The van der Waals surface area contributed by atoms with Crippen molar-refractivity contribution in [2.75, 3.05) is 38.8 Å². The zero-order chi connectivity index (χ0) is 26.3. The average molecular weight is 505 g/mol. The van der Waals surface area contributed by atoms with Crippen molar-refractivity contribution < 1.29 is 23.9 Å². The van der Waals surface area contributed by atoms with Gasteiger partial charge in [-0.25, -0.2) is 5.01 Å². The number of hydrogen-bond acceptors (Lipinski definition) is 6. The zero-order valence-electron chi connectivity index (χ0n) is 21.7. The van der Waals surface area contributed by atoms with Crippen molar-refractivity contribution in [1.29, 1.82) is 0 Å². The summed E-state index contributed by atoms with van der Waals surface area (Å²) in [6, 6.07) is 13.0. The molecule has 0 unspecified atom stereocenters. The second-order valence-electron chi connectivity index (χ2n) is 10.2. The number of carbonyl (C=O) groups excluding carboxylic acids is 3. The van der Waals surface area contributed by atoms with Gasteiger partial charge in [0, 0.05) is 24.3 Å². The molecular formula is C28H32N4O5. The number of methoxy groups -OCH3 is 2. The quantitative estimate of drug-likeness (QED) is 0.603. The lowest BCUT2D eigenvalue weighted by atomic mass is 9.83. The molecule has 3 amide bonds. The highest BCUT2D eigenvalue weighted by Crippen LogP contribution is 2.37. The summed E-state index contributed by atoms with van der Waals surface area (Å²) in [5, 5.41) is 6.39. The molecule has 194 valence electrons. The molecule has 9 heteroatoms. The van der Waals surface area contributed by atoms with E-state index in [4.69, 9.17) is 14.6 Å². The number of ether oxygens (including phenoxy) is 2. The molecule has 0 atom stereocenters. The number of anilines is 1. The molecule has 0 N–H and O–H groups in total. The number of fused-ring (bicyclic) bond motifs is 1. The Morgan fingerprint density at radius 1 is 1.03 bits per heavy atom. The summed E-state index contributed by atoms with van der Waals surface area (Å²) in [6.45, 7) is 4.83. The van der Waals surface area contributed by atoms with Crippen LogP contribution in [0.15, 0.2) is 47.6 Å². The maximum Gasteiger partial charge on any atom is 0.254 e. The van der Waals surface area contributed by atoms with Crippen molar-refractivity contribution in [2.24, 2.45) is 10.5 Å². The summed E-state index contributed by atoms with van der Waals surface area (Å²) >= 11 is 0. The van der Waals surface area contributed by atoms with Crippen LogP contribution in [0.25, 0.3) is 0 Å². The fourth-order valence-electron chi connectivity index (χ4n) is 5.40. The number of piperidine rings is 1. The molecule has 0 aromatic heterocycles. The van der Waals surface area contributed by atoms with Crippen molar-refractivity contribution in [3.63, 3.8) is 0 Å². The van der Waals surface area contributed by atoms with Gasteiger partial charge in [-0.1, -0.05) is 18.2 Å². The van der Waals surface area contributed by atoms with Gasteiger partial charge in [0.25, 0.3) is 5.91 Å².